The zero-order valence-corrected chi connectivity index (χ0v) is 10.8. The van der Waals surface area contributed by atoms with Gasteiger partial charge in [-0.2, -0.15) is 0 Å². The summed E-state index contributed by atoms with van der Waals surface area (Å²) in [6.45, 7) is 4.49. The molecule has 3 saturated heterocycles. The van der Waals surface area contributed by atoms with Crippen LogP contribution in [0.1, 0.15) is 45.4 Å². The van der Waals surface area contributed by atoms with Crippen LogP contribution < -0.4 is 5.32 Å². The van der Waals surface area contributed by atoms with E-state index in [0.29, 0.717) is 23.9 Å². The summed E-state index contributed by atoms with van der Waals surface area (Å²) in [5, 5.41) is 3.59. The van der Waals surface area contributed by atoms with Crippen LogP contribution in [0.2, 0.25) is 0 Å². The molecule has 3 aliphatic rings. The van der Waals surface area contributed by atoms with Gasteiger partial charge in [0.25, 0.3) is 0 Å². The molecule has 3 nitrogen and oxygen atoms in total. The van der Waals surface area contributed by atoms with Crippen molar-refractivity contribution in [3.05, 3.63) is 0 Å². The number of fused-ring (bicyclic) bond motifs is 4. The van der Waals surface area contributed by atoms with Crippen LogP contribution in [0.25, 0.3) is 0 Å². The summed E-state index contributed by atoms with van der Waals surface area (Å²) in [7, 11) is 0. The second-order valence-corrected chi connectivity index (χ2v) is 6.03. The van der Waals surface area contributed by atoms with Gasteiger partial charge in [0, 0.05) is 18.5 Å². The van der Waals surface area contributed by atoms with E-state index >= 15 is 0 Å². The Morgan fingerprint density at radius 2 is 2.18 bits per heavy atom. The van der Waals surface area contributed by atoms with Crippen LogP contribution in [-0.4, -0.2) is 36.0 Å². The van der Waals surface area contributed by atoms with Crippen LogP contribution in [0.5, 0.6) is 0 Å². The first kappa shape index (κ1) is 11.5. The molecule has 96 valence electrons. The topological polar surface area (TPSA) is 32.3 Å². The van der Waals surface area contributed by atoms with Crippen molar-refractivity contribution in [3.63, 3.8) is 0 Å². The van der Waals surface area contributed by atoms with Gasteiger partial charge in [-0.25, -0.2) is 0 Å². The lowest BCUT2D eigenvalue weighted by Gasteiger charge is -2.55. The average Bonchev–Trinajstić information content (AvgIpc) is 2.35. The molecule has 3 heterocycles. The van der Waals surface area contributed by atoms with Crippen LogP contribution >= 0.6 is 0 Å². The third-order valence-corrected chi connectivity index (χ3v) is 4.98. The summed E-state index contributed by atoms with van der Waals surface area (Å²) in [5.74, 6) is 1.88. The zero-order valence-electron chi connectivity index (χ0n) is 10.8. The number of nitrogens with one attached hydrogen (secondary N) is 1. The van der Waals surface area contributed by atoms with Gasteiger partial charge in [0.2, 0.25) is 5.91 Å². The van der Waals surface area contributed by atoms with E-state index in [2.05, 4.69) is 17.1 Å². The molecule has 1 amide bonds. The lowest BCUT2D eigenvalue weighted by atomic mass is 9.72. The highest BCUT2D eigenvalue weighted by molar-refractivity contribution is 5.78. The van der Waals surface area contributed by atoms with E-state index in [0.717, 1.165) is 31.8 Å². The van der Waals surface area contributed by atoms with Gasteiger partial charge in [0.1, 0.15) is 0 Å². The second kappa shape index (κ2) is 4.60. The number of carbonyl (C=O) groups is 1. The smallest absolute Gasteiger partial charge is 0.223 e. The van der Waals surface area contributed by atoms with Gasteiger partial charge >= 0.3 is 0 Å². The van der Waals surface area contributed by atoms with Gasteiger partial charge in [-0.1, -0.05) is 13.3 Å². The number of carbonyl (C=O) groups excluding carboxylic acids is 1. The molecule has 3 fully saturated rings. The fraction of sp³-hybridized carbons (Fsp3) is 0.929. The van der Waals surface area contributed by atoms with Crippen molar-refractivity contribution < 1.29 is 4.79 Å². The first-order valence-corrected chi connectivity index (χ1v) is 7.33. The van der Waals surface area contributed by atoms with E-state index in [1.165, 1.54) is 25.7 Å². The zero-order chi connectivity index (χ0) is 11.8. The second-order valence-electron chi connectivity index (χ2n) is 6.03. The van der Waals surface area contributed by atoms with E-state index in [-0.39, 0.29) is 0 Å². The molecule has 3 heteroatoms. The summed E-state index contributed by atoms with van der Waals surface area (Å²) >= 11 is 0. The molecule has 0 aromatic carbocycles. The quantitative estimate of drug-likeness (QED) is 0.792. The Labute approximate surface area is 104 Å². The van der Waals surface area contributed by atoms with Crippen LogP contribution in [0.15, 0.2) is 0 Å². The monoisotopic (exact) mass is 236 g/mol. The highest BCUT2D eigenvalue weighted by Gasteiger charge is 2.47. The maximum atomic E-state index is 12.3. The standard InChI is InChI=1S/C14H24N2O/c1-2-4-12-10-7-11(9-15-8-10)13-5-3-6-14(17)16(12)13/h10-13,15H,2-9H2,1H3/t10-,11+,12-,13-/m0/s1. The highest BCUT2D eigenvalue weighted by atomic mass is 16.2. The summed E-state index contributed by atoms with van der Waals surface area (Å²) in [6.07, 6.45) is 6.89. The molecule has 17 heavy (non-hydrogen) atoms. The minimum absolute atomic E-state index is 0.441. The van der Waals surface area contributed by atoms with Crippen LogP contribution in [-0.2, 0) is 4.79 Å². The van der Waals surface area contributed by atoms with Crippen molar-refractivity contribution in [2.45, 2.75) is 57.5 Å². The molecule has 0 aromatic heterocycles. The van der Waals surface area contributed by atoms with Gasteiger partial charge in [-0.3, -0.25) is 4.79 Å². The number of hydrogen-bond acceptors (Lipinski definition) is 2. The fourth-order valence-electron chi connectivity index (χ4n) is 4.30. The van der Waals surface area contributed by atoms with E-state index in [4.69, 9.17) is 0 Å². The predicted octanol–water partition coefficient (Wildman–Crippen LogP) is 1.78. The normalized spacial score (nSPS) is 41.2. The van der Waals surface area contributed by atoms with Crippen molar-refractivity contribution in [1.29, 1.82) is 0 Å². The predicted molar refractivity (Wildman–Crippen MR) is 67.6 cm³/mol. The lowest BCUT2D eigenvalue weighted by molar-refractivity contribution is -0.149. The largest absolute Gasteiger partial charge is 0.336 e. The first-order chi connectivity index (χ1) is 8.31. The van der Waals surface area contributed by atoms with Crippen molar-refractivity contribution in [3.8, 4) is 0 Å². The Kier molecular flexibility index (Phi) is 3.12. The molecule has 3 aliphatic heterocycles. The molecule has 2 bridgehead atoms. The van der Waals surface area contributed by atoms with Gasteiger partial charge in [0.05, 0.1) is 0 Å². The fourth-order valence-corrected chi connectivity index (χ4v) is 4.30. The summed E-state index contributed by atoms with van der Waals surface area (Å²) < 4.78 is 0. The molecule has 0 spiro atoms. The molecular formula is C14H24N2O. The van der Waals surface area contributed by atoms with Crippen LogP contribution in [0, 0.1) is 11.8 Å². The minimum Gasteiger partial charge on any atom is -0.336 e. The van der Waals surface area contributed by atoms with Crippen molar-refractivity contribution in [1.82, 2.24) is 10.2 Å². The third-order valence-electron chi connectivity index (χ3n) is 4.98. The molecule has 0 aliphatic carbocycles. The third kappa shape index (κ3) is 1.88. The maximum Gasteiger partial charge on any atom is 0.223 e. The van der Waals surface area contributed by atoms with Gasteiger partial charge in [0.15, 0.2) is 0 Å². The number of hydrogen-bond donors (Lipinski definition) is 1. The summed E-state index contributed by atoms with van der Waals surface area (Å²) in [6, 6.07) is 1.08. The maximum absolute atomic E-state index is 12.3. The van der Waals surface area contributed by atoms with E-state index in [1.54, 1.807) is 0 Å². The van der Waals surface area contributed by atoms with Gasteiger partial charge < -0.3 is 10.2 Å². The van der Waals surface area contributed by atoms with Crippen LogP contribution in [0.3, 0.4) is 0 Å². The van der Waals surface area contributed by atoms with E-state index in [1.807, 2.05) is 0 Å². The van der Waals surface area contributed by atoms with Crippen molar-refractivity contribution >= 4 is 5.91 Å². The summed E-state index contributed by atoms with van der Waals surface area (Å²) in [5.41, 5.74) is 0. The van der Waals surface area contributed by atoms with Crippen molar-refractivity contribution in [2.75, 3.05) is 13.1 Å². The molecule has 4 atom stereocenters. The Morgan fingerprint density at radius 1 is 1.35 bits per heavy atom. The molecule has 0 aromatic rings. The molecule has 0 radical (unpaired) electrons. The average molecular weight is 236 g/mol. The van der Waals surface area contributed by atoms with Gasteiger partial charge in [-0.05, 0) is 50.6 Å². The molecular weight excluding hydrogens is 212 g/mol. The Balaban J connectivity index is 1.87. The minimum atomic E-state index is 0.441. The number of nitrogens with zero attached hydrogens (tertiary/aromatic N) is 1. The number of amides is 1. The molecule has 1 N–H and O–H groups in total. The Bertz CT molecular complexity index is 305. The number of rotatable bonds is 2. The highest BCUT2D eigenvalue weighted by Crippen LogP contribution is 2.40. The first-order valence-electron chi connectivity index (χ1n) is 7.33. The SMILES string of the molecule is CCC[C@H]1[C@@H]2CNC[C@@H](C2)[C@@H]2CCCC(=O)N12. The molecule has 3 rings (SSSR count). The lowest BCUT2D eigenvalue weighted by Crippen LogP contribution is -2.64. The van der Waals surface area contributed by atoms with E-state index in [9.17, 15) is 4.79 Å². The summed E-state index contributed by atoms with van der Waals surface area (Å²) in [4.78, 5) is 14.6. The molecule has 0 unspecified atom stereocenters. The van der Waals surface area contributed by atoms with E-state index < -0.39 is 0 Å². The molecule has 0 saturated carbocycles. The van der Waals surface area contributed by atoms with Gasteiger partial charge in [-0.15, -0.1) is 0 Å². The van der Waals surface area contributed by atoms with Crippen molar-refractivity contribution in [2.24, 2.45) is 11.8 Å². The Hall–Kier alpha value is -0.570. The van der Waals surface area contributed by atoms with Crippen LogP contribution in [0.4, 0.5) is 0 Å². The number of piperidine rings is 3. The Morgan fingerprint density at radius 3 is 3.00 bits per heavy atom.